The van der Waals surface area contributed by atoms with Gasteiger partial charge in [0.25, 0.3) is 0 Å². The minimum atomic E-state index is -0.579. The van der Waals surface area contributed by atoms with E-state index >= 15 is 0 Å². The van der Waals surface area contributed by atoms with Crippen LogP contribution in [0.15, 0.2) is 0 Å². The van der Waals surface area contributed by atoms with Crippen LogP contribution >= 0.6 is 0 Å². The summed E-state index contributed by atoms with van der Waals surface area (Å²) < 4.78 is 15.8. The van der Waals surface area contributed by atoms with E-state index in [-0.39, 0.29) is 12.5 Å². The summed E-state index contributed by atoms with van der Waals surface area (Å²) in [5.74, 6) is -0.345. The van der Waals surface area contributed by atoms with Crippen LogP contribution in [-0.4, -0.2) is 67.7 Å². The van der Waals surface area contributed by atoms with Crippen molar-refractivity contribution in [2.45, 2.75) is 79.1 Å². The first-order valence-electron chi connectivity index (χ1n) is 9.96. The van der Waals surface area contributed by atoms with Crippen LogP contribution < -0.4 is 15.5 Å². The van der Waals surface area contributed by atoms with Crippen LogP contribution in [-0.2, 0) is 19.0 Å². The van der Waals surface area contributed by atoms with E-state index in [0.29, 0.717) is 26.2 Å². The second kappa shape index (κ2) is 11.2. The first-order chi connectivity index (χ1) is 13.0. The number of hydrogen-bond acceptors (Lipinski definition) is 6. The van der Waals surface area contributed by atoms with Gasteiger partial charge in [-0.05, 0) is 62.3 Å². The highest BCUT2D eigenvalue weighted by Crippen LogP contribution is 2.07. The number of esters is 1. The Bertz CT molecular complexity index is 510. The van der Waals surface area contributed by atoms with Crippen molar-refractivity contribution in [3.63, 3.8) is 0 Å². The lowest BCUT2D eigenvalue weighted by Gasteiger charge is -2.24. The number of ether oxygens (including phenoxy) is 3. The molecule has 0 saturated carbocycles. The highest BCUT2D eigenvalue weighted by atomic mass is 16.6. The van der Waals surface area contributed by atoms with Gasteiger partial charge in [0.1, 0.15) is 16.8 Å². The highest BCUT2D eigenvalue weighted by molar-refractivity contribution is 5.71. The van der Waals surface area contributed by atoms with Gasteiger partial charge in [0.15, 0.2) is 6.54 Å². The maximum atomic E-state index is 12.2. The molecule has 170 valence electrons. The van der Waals surface area contributed by atoms with E-state index in [1.54, 1.807) is 62.3 Å². The number of hydrogen-bond donors (Lipinski definition) is 3. The van der Waals surface area contributed by atoms with Crippen molar-refractivity contribution in [2.24, 2.45) is 0 Å². The van der Waals surface area contributed by atoms with E-state index in [9.17, 15) is 14.4 Å². The Labute approximate surface area is 174 Å². The van der Waals surface area contributed by atoms with E-state index < -0.39 is 29.0 Å². The second-order valence-electron chi connectivity index (χ2n) is 9.87. The van der Waals surface area contributed by atoms with E-state index in [2.05, 4.69) is 10.6 Å². The number of rotatable bonds is 8. The molecular weight excluding hydrogens is 378 g/mol. The fourth-order valence-corrected chi connectivity index (χ4v) is 2.19. The summed E-state index contributed by atoms with van der Waals surface area (Å²) in [6, 6.07) is 0. The van der Waals surface area contributed by atoms with Crippen molar-refractivity contribution in [3.8, 4) is 0 Å². The summed E-state index contributed by atoms with van der Waals surface area (Å²) in [4.78, 5) is 36.6. The number of amides is 2. The molecule has 0 aliphatic carbocycles. The van der Waals surface area contributed by atoms with Crippen LogP contribution in [0.3, 0.4) is 0 Å². The zero-order valence-corrected chi connectivity index (χ0v) is 19.5. The number of quaternary nitrogens is 1. The Kier molecular flexibility index (Phi) is 10.4. The standard InChI is InChI=1S/C20H39N3O6/c1-18(2,3)27-15(24)14-23(12-10-21-16(25)28-19(4,5)6)13-11-22-17(26)29-20(7,8)9/h10-14H2,1-9H3,(H,21,25)(H,22,26)/p+1. The Hall–Kier alpha value is -2.03. The van der Waals surface area contributed by atoms with Gasteiger partial charge in [-0.1, -0.05) is 0 Å². The summed E-state index contributed by atoms with van der Waals surface area (Å²) in [5.41, 5.74) is -1.74. The molecule has 0 aromatic carbocycles. The molecule has 0 unspecified atom stereocenters. The molecule has 0 bridgehead atoms. The molecule has 0 aromatic heterocycles. The Morgan fingerprint density at radius 2 is 1.00 bits per heavy atom. The fourth-order valence-electron chi connectivity index (χ4n) is 2.19. The van der Waals surface area contributed by atoms with Crippen LogP contribution in [0, 0.1) is 0 Å². The monoisotopic (exact) mass is 418 g/mol. The molecule has 3 N–H and O–H groups in total. The molecule has 2 amide bonds. The van der Waals surface area contributed by atoms with Crippen LogP contribution in [0.1, 0.15) is 62.3 Å². The first-order valence-corrected chi connectivity index (χ1v) is 9.96. The lowest BCUT2D eigenvalue weighted by Crippen LogP contribution is -3.14. The minimum Gasteiger partial charge on any atom is -0.456 e. The third-order valence-corrected chi connectivity index (χ3v) is 3.11. The van der Waals surface area contributed by atoms with E-state index in [4.69, 9.17) is 14.2 Å². The molecule has 0 aliphatic rings. The summed E-state index contributed by atoms with van der Waals surface area (Å²) >= 11 is 0. The maximum absolute atomic E-state index is 12.2. The van der Waals surface area contributed by atoms with Gasteiger partial charge in [0.2, 0.25) is 0 Å². The van der Waals surface area contributed by atoms with Crippen LogP contribution in [0.5, 0.6) is 0 Å². The molecule has 0 radical (unpaired) electrons. The summed E-state index contributed by atoms with van der Waals surface area (Å²) in [5, 5.41) is 5.35. The van der Waals surface area contributed by atoms with Crippen molar-refractivity contribution in [2.75, 3.05) is 32.7 Å². The van der Waals surface area contributed by atoms with Crippen molar-refractivity contribution in [3.05, 3.63) is 0 Å². The summed E-state index contributed by atoms with van der Waals surface area (Å²) in [6.07, 6.45) is -1.03. The highest BCUT2D eigenvalue weighted by Gasteiger charge is 2.23. The van der Waals surface area contributed by atoms with Gasteiger partial charge >= 0.3 is 18.2 Å². The van der Waals surface area contributed by atoms with Gasteiger partial charge in [0.05, 0.1) is 26.2 Å². The van der Waals surface area contributed by atoms with E-state index in [0.717, 1.165) is 4.90 Å². The van der Waals surface area contributed by atoms with Crippen LogP contribution in [0.25, 0.3) is 0 Å². The Morgan fingerprint density at radius 3 is 1.31 bits per heavy atom. The van der Waals surface area contributed by atoms with Crippen molar-refractivity contribution >= 4 is 18.2 Å². The SMILES string of the molecule is CC(C)(C)OC(=O)C[NH+](CCNC(=O)OC(C)(C)C)CCNC(=O)OC(C)(C)C. The van der Waals surface area contributed by atoms with Crippen LogP contribution in [0.2, 0.25) is 0 Å². The lowest BCUT2D eigenvalue weighted by atomic mass is 10.2. The molecule has 0 aliphatic heterocycles. The topological polar surface area (TPSA) is 107 Å². The van der Waals surface area contributed by atoms with Gasteiger partial charge in [0, 0.05) is 0 Å². The first kappa shape index (κ1) is 27.0. The average molecular weight is 419 g/mol. The molecule has 9 nitrogen and oxygen atoms in total. The Morgan fingerprint density at radius 1 is 0.655 bits per heavy atom. The van der Waals surface area contributed by atoms with Gasteiger partial charge in [-0.3, -0.25) is 0 Å². The van der Waals surface area contributed by atoms with Gasteiger partial charge in [-0.15, -0.1) is 0 Å². The molecule has 0 aromatic rings. The zero-order chi connectivity index (χ0) is 22.9. The molecule has 0 atom stereocenters. The lowest BCUT2D eigenvalue weighted by molar-refractivity contribution is -0.890. The third kappa shape index (κ3) is 17.8. The number of nitrogens with one attached hydrogen (secondary N) is 3. The largest absolute Gasteiger partial charge is 0.456 e. The summed E-state index contributed by atoms with van der Waals surface area (Å²) in [7, 11) is 0. The predicted octanol–water partition coefficient (Wildman–Crippen LogP) is 1.26. The van der Waals surface area contributed by atoms with E-state index in [1.165, 1.54) is 0 Å². The molecule has 0 spiro atoms. The molecule has 0 rings (SSSR count). The van der Waals surface area contributed by atoms with E-state index in [1.807, 2.05) is 0 Å². The van der Waals surface area contributed by atoms with Crippen molar-refractivity contribution < 1.29 is 33.5 Å². The van der Waals surface area contributed by atoms with Crippen molar-refractivity contribution in [1.29, 1.82) is 0 Å². The normalized spacial score (nSPS) is 12.3. The fraction of sp³-hybridized carbons (Fsp3) is 0.850. The third-order valence-electron chi connectivity index (χ3n) is 3.11. The maximum Gasteiger partial charge on any atom is 0.407 e. The molecular formula is C20H40N3O6+. The average Bonchev–Trinajstić information content (AvgIpc) is 2.40. The molecule has 9 heteroatoms. The van der Waals surface area contributed by atoms with Gasteiger partial charge < -0.3 is 29.7 Å². The predicted molar refractivity (Wildman–Crippen MR) is 110 cm³/mol. The second-order valence-corrected chi connectivity index (χ2v) is 9.87. The van der Waals surface area contributed by atoms with Gasteiger partial charge in [-0.25, -0.2) is 14.4 Å². The van der Waals surface area contributed by atoms with Gasteiger partial charge in [-0.2, -0.15) is 0 Å². The molecule has 0 saturated heterocycles. The molecule has 29 heavy (non-hydrogen) atoms. The number of carbonyl (C=O) groups excluding carboxylic acids is 3. The minimum absolute atomic E-state index is 0.114. The molecule has 0 fully saturated rings. The van der Waals surface area contributed by atoms with Crippen molar-refractivity contribution in [1.82, 2.24) is 10.6 Å². The Balaban J connectivity index is 4.62. The number of alkyl carbamates (subject to hydrolysis) is 2. The smallest absolute Gasteiger partial charge is 0.407 e. The number of carbonyl (C=O) groups is 3. The van der Waals surface area contributed by atoms with Crippen LogP contribution in [0.4, 0.5) is 9.59 Å². The quantitative estimate of drug-likeness (QED) is 0.405. The zero-order valence-electron chi connectivity index (χ0n) is 19.5. The summed E-state index contributed by atoms with van der Waals surface area (Å²) in [6.45, 7) is 17.8. The molecule has 0 heterocycles.